The second-order valence-electron chi connectivity index (χ2n) is 6.83. The predicted octanol–water partition coefficient (Wildman–Crippen LogP) is 3.41. The summed E-state index contributed by atoms with van der Waals surface area (Å²) in [7, 11) is 0. The molecule has 0 aliphatic carbocycles. The zero-order chi connectivity index (χ0) is 18.7. The Kier molecular flexibility index (Phi) is 5.26. The zero-order valence-electron chi connectivity index (χ0n) is 15.0. The molecule has 0 spiro atoms. The molecule has 0 saturated carbocycles. The quantitative estimate of drug-likeness (QED) is 0.894. The average molecular weight is 353 g/mol. The van der Waals surface area contributed by atoms with Crippen LogP contribution >= 0.6 is 0 Å². The van der Waals surface area contributed by atoms with E-state index in [0.29, 0.717) is 17.9 Å². The van der Waals surface area contributed by atoms with Gasteiger partial charge in [0.05, 0.1) is 17.6 Å². The third-order valence-electron chi connectivity index (χ3n) is 4.63. The Morgan fingerprint density at radius 3 is 2.35 bits per heavy atom. The summed E-state index contributed by atoms with van der Waals surface area (Å²) in [6.07, 6.45) is -0.0497. The van der Waals surface area contributed by atoms with Crippen molar-refractivity contribution in [3.8, 4) is 5.75 Å². The van der Waals surface area contributed by atoms with Gasteiger partial charge in [0.2, 0.25) is 0 Å². The van der Waals surface area contributed by atoms with Crippen LogP contribution in [0.2, 0.25) is 0 Å². The van der Waals surface area contributed by atoms with Gasteiger partial charge >= 0.3 is 5.97 Å². The van der Waals surface area contributed by atoms with E-state index in [1.807, 2.05) is 50.2 Å². The first-order valence-corrected chi connectivity index (χ1v) is 8.80. The van der Waals surface area contributed by atoms with Crippen molar-refractivity contribution in [3.05, 3.63) is 65.7 Å². The lowest BCUT2D eigenvalue weighted by Crippen LogP contribution is -2.30. The number of hydrogen-bond acceptors (Lipinski definition) is 3. The molecule has 1 aliphatic heterocycles. The average Bonchev–Trinajstić information content (AvgIpc) is 3.07. The molecule has 1 saturated heterocycles. The second-order valence-corrected chi connectivity index (χ2v) is 6.83. The highest BCUT2D eigenvalue weighted by atomic mass is 16.5. The van der Waals surface area contributed by atoms with Gasteiger partial charge in [-0.1, -0.05) is 42.5 Å². The summed E-state index contributed by atoms with van der Waals surface area (Å²) in [6, 6.07) is 16.6. The summed E-state index contributed by atoms with van der Waals surface area (Å²) < 4.78 is 5.75. The number of carbonyl (C=O) groups is 2. The molecule has 0 aromatic heterocycles. The summed E-state index contributed by atoms with van der Waals surface area (Å²) >= 11 is 0. The van der Waals surface area contributed by atoms with Crippen LogP contribution in [-0.4, -0.2) is 41.1 Å². The first-order valence-electron chi connectivity index (χ1n) is 8.80. The molecule has 26 heavy (non-hydrogen) atoms. The highest BCUT2D eigenvalue weighted by molar-refractivity contribution is 5.97. The number of para-hydroxylation sites is 1. The van der Waals surface area contributed by atoms with Gasteiger partial charge in [0.15, 0.2) is 0 Å². The van der Waals surface area contributed by atoms with Crippen LogP contribution in [-0.2, 0) is 4.79 Å². The summed E-state index contributed by atoms with van der Waals surface area (Å²) in [4.78, 5) is 26.4. The fraction of sp³-hybridized carbons (Fsp3) is 0.333. The standard InChI is InChI=1S/C21H23NO4/c1-14(2)26-19-11-7-6-10-16(19)20(23)22-12-17(18(13-22)21(24)25)15-8-4-3-5-9-15/h3-11,14,17-18H,12-13H2,1-2H3,(H,24,25). The normalized spacial score (nSPS) is 19.6. The van der Waals surface area contributed by atoms with Gasteiger partial charge in [-0.25, -0.2) is 0 Å². The van der Waals surface area contributed by atoms with Crippen LogP contribution in [0.5, 0.6) is 5.75 Å². The van der Waals surface area contributed by atoms with Crippen molar-refractivity contribution in [2.24, 2.45) is 5.92 Å². The van der Waals surface area contributed by atoms with Crippen molar-refractivity contribution in [2.45, 2.75) is 25.9 Å². The van der Waals surface area contributed by atoms with Crippen molar-refractivity contribution < 1.29 is 19.4 Å². The van der Waals surface area contributed by atoms with E-state index >= 15 is 0 Å². The molecule has 2 aromatic rings. The van der Waals surface area contributed by atoms with E-state index in [9.17, 15) is 14.7 Å². The van der Waals surface area contributed by atoms with Crippen LogP contribution in [0.4, 0.5) is 0 Å². The number of ether oxygens (including phenoxy) is 1. The van der Waals surface area contributed by atoms with Crippen LogP contribution in [0.3, 0.4) is 0 Å². The lowest BCUT2D eigenvalue weighted by Gasteiger charge is -2.19. The van der Waals surface area contributed by atoms with Crippen LogP contribution in [0.15, 0.2) is 54.6 Å². The molecule has 136 valence electrons. The number of nitrogens with zero attached hydrogens (tertiary/aromatic N) is 1. The minimum Gasteiger partial charge on any atom is -0.490 e. The second kappa shape index (κ2) is 7.60. The molecule has 2 aromatic carbocycles. The van der Waals surface area contributed by atoms with E-state index in [1.165, 1.54) is 0 Å². The van der Waals surface area contributed by atoms with Crippen LogP contribution in [0.1, 0.15) is 35.7 Å². The minimum atomic E-state index is -0.874. The molecular formula is C21H23NO4. The molecule has 1 heterocycles. The van der Waals surface area contributed by atoms with Crippen LogP contribution in [0, 0.1) is 5.92 Å². The SMILES string of the molecule is CC(C)Oc1ccccc1C(=O)N1CC(C(=O)O)C(c2ccccc2)C1. The summed E-state index contributed by atoms with van der Waals surface area (Å²) in [5.74, 6) is -1.36. The first kappa shape index (κ1) is 18.0. The molecule has 1 aliphatic rings. The van der Waals surface area contributed by atoms with E-state index in [-0.39, 0.29) is 24.5 Å². The van der Waals surface area contributed by atoms with E-state index < -0.39 is 11.9 Å². The number of aliphatic carboxylic acids is 1. The number of hydrogen-bond donors (Lipinski definition) is 1. The van der Waals surface area contributed by atoms with E-state index in [2.05, 4.69) is 0 Å². The van der Waals surface area contributed by atoms with Crippen molar-refractivity contribution >= 4 is 11.9 Å². The number of carbonyl (C=O) groups excluding carboxylic acids is 1. The fourth-order valence-electron chi connectivity index (χ4n) is 3.43. The molecule has 5 nitrogen and oxygen atoms in total. The molecule has 2 atom stereocenters. The van der Waals surface area contributed by atoms with Gasteiger partial charge in [-0.2, -0.15) is 0 Å². The molecular weight excluding hydrogens is 330 g/mol. The maximum atomic E-state index is 13.0. The Balaban J connectivity index is 1.86. The zero-order valence-corrected chi connectivity index (χ0v) is 15.0. The number of amides is 1. The molecule has 1 fully saturated rings. The van der Waals surface area contributed by atoms with Gasteiger partial charge in [-0.05, 0) is 31.5 Å². The number of carboxylic acids is 1. The third-order valence-corrected chi connectivity index (χ3v) is 4.63. The smallest absolute Gasteiger partial charge is 0.308 e. The molecule has 3 rings (SSSR count). The topological polar surface area (TPSA) is 66.8 Å². The largest absolute Gasteiger partial charge is 0.490 e. The van der Waals surface area contributed by atoms with Crippen LogP contribution < -0.4 is 4.74 Å². The maximum Gasteiger partial charge on any atom is 0.308 e. The summed E-state index contributed by atoms with van der Waals surface area (Å²) in [5.41, 5.74) is 1.42. The lowest BCUT2D eigenvalue weighted by molar-refractivity contribution is -0.141. The number of likely N-dealkylation sites (tertiary alicyclic amines) is 1. The predicted molar refractivity (Wildman–Crippen MR) is 98.4 cm³/mol. The lowest BCUT2D eigenvalue weighted by atomic mass is 9.89. The van der Waals surface area contributed by atoms with Crippen molar-refractivity contribution in [2.75, 3.05) is 13.1 Å². The fourth-order valence-corrected chi connectivity index (χ4v) is 3.43. The summed E-state index contributed by atoms with van der Waals surface area (Å²) in [5, 5.41) is 9.63. The molecule has 1 N–H and O–H groups in total. The molecule has 5 heteroatoms. The molecule has 2 unspecified atom stereocenters. The van der Waals surface area contributed by atoms with Gasteiger partial charge in [0.25, 0.3) is 5.91 Å². The Morgan fingerprint density at radius 1 is 1.04 bits per heavy atom. The Hall–Kier alpha value is -2.82. The van der Waals surface area contributed by atoms with Crippen molar-refractivity contribution in [1.29, 1.82) is 0 Å². The monoisotopic (exact) mass is 353 g/mol. The van der Waals surface area contributed by atoms with Crippen molar-refractivity contribution in [3.63, 3.8) is 0 Å². The highest BCUT2D eigenvalue weighted by Gasteiger charge is 2.41. The number of benzene rings is 2. The number of rotatable bonds is 5. The van der Waals surface area contributed by atoms with Crippen LogP contribution in [0.25, 0.3) is 0 Å². The minimum absolute atomic E-state index is 0.0497. The number of carboxylic acid groups (broad SMARTS) is 1. The van der Waals surface area contributed by atoms with Crippen molar-refractivity contribution in [1.82, 2.24) is 4.90 Å². The van der Waals surface area contributed by atoms with Gasteiger partial charge < -0.3 is 14.7 Å². The highest BCUT2D eigenvalue weighted by Crippen LogP contribution is 2.34. The summed E-state index contributed by atoms with van der Waals surface area (Å²) in [6.45, 7) is 4.39. The maximum absolute atomic E-state index is 13.0. The Labute approximate surface area is 153 Å². The van der Waals surface area contributed by atoms with Gasteiger partial charge in [-0.15, -0.1) is 0 Å². The van der Waals surface area contributed by atoms with Gasteiger partial charge in [0, 0.05) is 19.0 Å². The molecule has 0 radical (unpaired) electrons. The van der Waals surface area contributed by atoms with E-state index in [4.69, 9.17) is 4.74 Å². The Morgan fingerprint density at radius 2 is 1.69 bits per heavy atom. The Bertz CT molecular complexity index is 788. The van der Waals surface area contributed by atoms with E-state index in [0.717, 1.165) is 5.56 Å². The van der Waals surface area contributed by atoms with E-state index in [1.54, 1.807) is 23.1 Å². The molecule has 1 amide bonds. The van der Waals surface area contributed by atoms with Gasteiger partial charge in [0.1, 0.15) is 5.75 Å². The van der Waals surface area contributed by atoms with Gasteiger partial charge in [-0.3, -0.25) is 9.59 Å². The third kappa shape index (κ3) is 3.72. The molecule has 0 bridgehead atoms. The first-order chi connectivity index (χ1) is 12.5.